The van der Waals surface area contributed by atoms with Gasteiger partial charge in [0, 0.05) is 11.4 Å². The van der Waals surface area contributed by atoms with Gasteiger partial charge in [-0.25, -0.2) is 13.1 Å². The van der Waals surface area contributed by atoms with E-state index >= 15 is 0 Å². The summed E-state index contributed by atoms with van der Waals surface area (Å²) in [6.07, 6.45) is 0.908. The Morgan fingerprint density at radius 1 is 1.35 bits per heavy atom. The zero-order chi connectivity index (χ0) is 12.7. The molecule has 5 heteroatoms. The fourth-order valence-electron chi connectivity index (χ4n) is 1.68. The van der Waals surface area contributed by atoms with E-state index in [0.29, 0.717) is 4.90 Å². The zero-order valence-corrected chi connectivity index (χ0v) is 12.3. The molecule has 0 amide bonds. The van der Waals surface area contributed by atoms with Crippen molar-refractivity contribution >= 4 is 26.0 Å². The van der Waals surface area contributed by atoms with Gasteiger partial charge in [-0.1, -0.05) is 41.9 Å². The normalized spacial score (nSPS) is 22.4. The van der Waals surface area contributed by atoms with E-state index < -0.39 is 10.0 Å². The standard InChI is InChI=1S/C12H16BrNO2S/c1-12(2)7-11(12)14-17(15,16)10-5-3-9(8-13)4-6-10/h3-6,11,14H,7-8H2,1-2H3. The van der Waals surface area contributed by atoms with Gasteiger partial charge in [-0.2, -0.15) is 0 Å². The number of hydrogen-bond donors (Lipinski definition) is 1. The molecule has 1 fully saturated rings. The van der Waals surface area contributed by atoms with Crippen molar-refractivity contribution < 1.29 is 8.42 Å². The van der Waals surface area contributed by atoms with Gasteiger partial charge in [0.1, 0.15) is 0 Å². The first-order valence-electron chi connectivity index (χ1n) is 5.52. The monoisotopic (exact) mass is 317 g/mol. The highest BCUT2D eigenvalue weighted by Crippen LogP contribution is 2.45. The summed E-state index contributed by atoms with van der Waals surface area (Å²) in [4.78, 5) is 0.338. The molecular weight excluding hydrogens is 302 g/mol. The van der Waals surface area contributed by atoms with E-state index in [4.69, 9.17) is 0 Å². The fourth-order valence-corrected chi connectivity index (χ4v) is 3.46. The van der Waals surface area contributed by atoms with E-state index in [1.807, 2.05) is 12.1 Å². The molecular formula is C12H16BrNO2S. The average Bonchev–Trinajstić information content (AvgIpc) is 2.85. The van der Waals surface area contributed by atoms with Gasteiger partial charge in [-0.15, -0.1) is 0 Å². The first kappa shape index (κ1) is 13.1. The third-order valence-corrected chi connectivity index (χ3v) is 5.33. The van der Waals surface area contributed by atoms with Gasteiger partial charge in [0.05, 0.1) is 4.90 Å². The highest BCUT2D eigenvalue weighted by Gasteiger charge is 2.47. The van der Waals surface area contributed by atoms with Crippen molar-refractivity contribution in [2.24, 2.45) is 5.41 Å². The van der Waals surface area contributed by atoms with Gasteiger partial charge in [-0.05, 0) is 29.5 Å². The summed E-state index contributed by atoms with van der Waals surface area (Å²) >= 11 is 3.33. The van der Waals surface area contributed by atoms with Crippen molar-refractivity contribution in [3.8, 4) is 0 Å². The third kappa shape index (κ3) is 2.89. The summed E-state index contributed by atoms with van der Waals surface area (Å²) in [5.74, 6) is 0. The Labute approximate surface area is 111 Å². The molecule has 1 N–H and O–H groups in total. The van der Waals surface area contributed by atoms with Crippen molar-refractivity contribution in [3.63, 3.8) is 0 Å². The first-order chi connectivity index (χ1) is 7.85. The Morgan fingerprint density at radius 2 is 1.88 bits per heavy atom. The van der Waals surface area contributed by atoms with Gasteiger partial charge in [0.25, 0.3) is 0 Å². The minimum Gasteiger partial charge on any atom is -0.208 e. The molecule has 1 aliphatic rings. The van der Waals surface area contributed by atoms with Crippen molar-refractivity contribution in [1.82, 2.24) is 4.72 Å². The van der Waals surface area contributed by atoms with Crippen LogP contribution in [0.5, 0.6) is 0 Å². The van der Waals surface area contributed by atoms with Gasteiger partial charge in [0.2, 0.25) is 10.0 Å². The maximum Gasteiger partial charge on any atom is 0.240 e. The smallest absolute Gasteiger partial charge is 0.208 e. The van der Waals surface area contributed by atoms with Crippen LogP contribution in [0.1, 0.15) is 25.8 Å². The molecule has 1 aromatic rings. The van der Waals surface area contributed by atoms with Crippen LogP contribution in [0, 0.1) is 5.41 Å². The number of hydrogen-bond acceptors (Lipinski definition) is 2. The fraction of sp³-hybridized carbons (Fsp3) is 0.500. The molecule has 94 valence electrons. The molecule has 3 nitrogen and oxygen atoms in total. The van der Waals surface area contributed by atoms with E-state index in [2.05, 4.69) is 34.5 Å². The molecule has 2 rings (SSSR count). The minimum absolute atomic E-state index is 0.0725. The van der Waals surface area contributed by atoms with Crippen LogP contribution in [0.3, 0.4) is 0 Å². The second kappa shape index (κ2) is 4.37. The van der Waals surface area contributed by atoms with E-state index in [9.17, 15) is 8.42 Å². The highest BCUT2D eigenvalue weighted by molar-refractivity contribution is 9.08. The molecule has 0 bridgehead atoms. The summed E-state index contributed by atoms with van der Waals surface area (Å²) in [5.41, 5.74) is 1.17. The Bertz CT molecular complexity index is 508. The van der Waals surface area contributed by atoms with Crippen LogP contribution in [0.2, 0.25) is 0 Å². The van der Waals surface area contributed by atoms with Crippen LogP contribution >= 0.6 is 15.9 Å². The molecule has 0 heterocycles. The molecule has 0 aliphatic heterocycles. The number of sulfonamides is 1. The van der Waals surface area contributed by atoms with Crippen molar-refractivity contribution in [2.75, 3.05) is 0 Å². The van der Waals surface area contributed by atoms with Crippen LogP contribution in [-0.4, -0.2) is 14.5 Å². The third-order valence-electron chi connectivity index (χ3n) is 3.20. The molecule has 1 unspecified atom stereocenters. The predicted molar refractivity (Wildman–Crippen MR) is 71.6 cm³/mol. The second-order valence-electron chi connectivity index (χ2n) is 5.14. The largest absolute Gasteiger partial charge is 0.240 e. The Balaban J connectivity index is 2.14. The molecule has 1 aliphatic carbocycles. The number of halogens is 1. The molecule has 1 saturated carbocycles. The SMILES string of the molecule is CC1(C)CC1NS(=O)(=O)c1ccc(CBr)cc1. The maximum absolute atomic E-state index is 12.0. The number of nitrogens with one attached hydrogen (secondary N) is 1. The number of alkyl halides is 1. The van der Waals surface area contributed by atoms with E-state index in [0.717, 1.165) is 17.3 Å². The van der Waals surface area contributed by atoms with Gasteiger partial charge < -0.3 is 0 Å². The maximum atomic E-state index is 12.0. The lowest BCUT2D eigenvalue weighted by Crippen LogP contribution is -2.28. The first-order valence-corrected chi connectivity index (χ1v) is 8.13. The molecule has 1 aromatic carbocycles. The Kier molecular flexibility index (Phi) is 3.36. The minimum atomic E-state index is -3.36. The Morgan fingerprint density at radius 3 is 2.29 bits per heavy atom. The summed E-state index contributed by atoms with van der Waals surface area (Å²) in [7, 11) is -3.36. The van der Waals surface area contributed by atoms with Crippen LogP contribution in [0.25, 0.3) is 0 Å². The second-order valence-corrected chi connectivity index (χ2v) is 7.42. The predicted octanol–water partition coefficient (Wildman–Crippen LogP) is 2.66. The van der Waals surface area contributed by atoms with Crippen LogP contribution in [0.15, 0.2) is 29.2 Å². The molecule has 0 radical (unpaired) electrons. The van der Waals surface area contributed by atoms with E-state index in [1.54, 1.807) is 12.1 Å². The van der Waals surface area contributed by atoms with Crippen molar-refractivity contribution in [1.29, 1.82) is 0 Å². The van der Waals surface area contributed by atoms with E-state index in [1.165, 1.54) is 0 Å². The number of benzene rings is 1. The molecule has 17 heavy (non-hydrogen) atoms. The van der Waals surface area contributed by atoms with Crippen LogP contribution < -0.4 is 4.72 Å². The van der Waals surface area contributed by atoms with Crippen LogP contribution in [-0.2, 0) is 15.4 Å². The summed E-state index contributed by atoms with van der Waals surface area (Å²) in [6.45, 7) is 4.13. The van der Waals surface area contributed by atoms with Crippen LogP contribution in [0.4, 0.5) is 0 Å². The zero-order valence-electron chi connectivity index (χ0n) is 9.90. The molecule has 1 atom stereocenters. The molecule has 0 aromatic heterocycles. The lowest BCUT2D eigenvalue weighted by Gasteiger charge is -2.08. The van der Waals surface area contributed by atoms with Crippen molar-refractivity contribution in [3.05, 3.63) is 29.8 Å². The molecule has 0 saturated heterocycles. The number of rotatable bonds is 4. The topological polar surface area (TPSA) is 46.2 Å². The van der Waals surface area contributed by atoms with E-state index in [-0.39, 0.29) is 11.5 Å². The lowest BCUT2D eigenvalue weighted by molar-refractivity contribution is 0.555. The van der Waals surface area contributed by atoms with Gasteiger partial charge >= 0.3 is 0 Å². The molecule has 0 spiro atoms. The summed E-state index contributed by atoms with van der Waals surface area (Å²) < 4.78 is 26.8. The van der Waals surface area contributed by atoms with Gasteiger partial charge in [0.15, 0.2) is 0 Å². The highest BCUT2D eigenvalue weighted by atomic mass is 79.9. The van der Waals surface area contributed by atoms with Crippen molar-refractivity contribution in [2.45, 2.75) is 36.5 Å². The summed E-state index contributed by atoms with van der Waals surface area (Å²) in [6, 6.07) is 7.01. The quantitative estimate of drug-likeness (QED) is 0.868. The summed E-state index contributed by atoms with van der Waals surface area (Å²) in [5, 5.41) is 0.733. The average molecular weight is 318 g/mol. The lowest BCUT2D eigenvalue weighted by atomic mass is 10.2. The Hall–Kier alpha value is -0.390. The van der Waals surface area contributed by atoms with Gasteiger partial charge in [-0.3, -0.25) is 0 Å².